The Bertz CT molecular complexity index is 1040. The molecule has 0 aliphatic carbocycles. The quantitative estimate of drug-likeness (QED) is 0.700. The maximum absolute atomic E-state index is 13.0. The van der Waals surface area contributed by atoms with Crippen molar-refractivity contribution >= 4 is 20.9 Å². The van der Waals surface area contributed by atoms with Crippen molar-refractivity contribution in [2.24, 2.45) is 7.05 Å². The molecule has 1 saturated heterocycles. The van der Waals surface area contributed by atoms with E-state index in [1.807, 2.05) is 19.1 Å². The van der Waals surface area contributed by atoms with E-state index in [-0.39, 0.29) is 0 Å². The number of aromatic nitrogens is 1. The zero-order chi connectivity index (χ0) is 18.3. The molecule has 5 heteroatoms. The van der Waals surface area contributed by atoms with Crippen LogP contribution in [0.25, 0.3) is 10.9 Å². The molecule has 0 radical (unpaired) electrons. The highest BCUT2D eigenvalue weighted by atomic mass is 32.2. The molecule has 0 unspecified atom stereocenters. The van der Waals surface area contributed by atoms with Crippen LogP contribution in [0, 0.1) is 6.92 Å². The fourth-order valence-electron chi connectivity index (χ4n) is 4.08. The summed E-state index contributed by atoms with van der Waals surface area (Å²) in [6, 6.07) is 17.9. The molecule has 0 N–H and O–H groups in total. The minimum atomic E-state index is -3.41. The fourth-order valence-corrected chi connectivity index (χ4v) is 5.77. The van der Waals surface area contributed by atoms with Crippen molar-refractivity contribution in [1.82, 2.24) is 8.87 Å². The maximum Gasteiger partial charge on any atom is 0.243 e. The number of nitrogens with zero attached hydrogens (tertiary/aromatic N) is 2. The molecule has 1 fully saturated rings. The van der Waals surface area contributed by atoms with Gasteiger partial charge in [-0.3, -0.25) is 0 Å². The fraction of sp³-hybridized carbons (Fsp3) is 0.333. The highest BCUT2D eigenvalue weighted by Gasteiger charge is 2.31. The number of piperidine rings is 1. The summed E-state index contributed by atoms with van der Waals surface area (Å²) in [5, 5.41) is 1.25. The Morgan fingerprint density at radius 2 is 1.62 bits per heavy atom. The lowest BCUT2D eigenvalue weighted by Gasteiger charge is -2.31. The van der Waals surface area contributed by atoms with Gasteiger partial charge in [0.25, 0.3) is 0 Å². The number of benzene rings is 2. The number of sulfonamides is 1. The summed E-state index contributed by atoms with van der Waals surface area (Å²) in [6.07, 6.45) is 1.71. The summed E-state index contributed by atoms with van der Waals surface area (Å²) in [5.41, 5.74) is 3.35. The summed E-state index contributed by atoms with van der Waals surface area (Å²) in [7, 11) is -1.30. The SMILES string of the molecule is Cc1ccccc1S(=O)(=O)N1CCC(c2cc3ccccc3n2C)CC1. The van der Waals surface area contributed by atoms with E-state index < -0.39 is 10.0 Å². The van der Waals surface area contributed by atoms with E-state index in [1.54, 1.807) is 16.4 Å². The van der Waals surface area contributed by atoms with Gasteiger partial charge >= 0.3 is 0 Å². The Kier molecular flexibility index (Phi) is 4.37. The third kappa shape index (κ3) is 2.85. The molecule has 3 aromatic rings. The van der Waals surface area contributed by atoms with Gasteiger partial charge in [0.1, 0.15) is 0 Å². The van der Waals surface area contributed by atoms with Gasteiger partial charge in [0.05, 0.1) is 4.90 Å². The first-order valence-corrected chi connectivity index (χ1v) is 10.5. The van der Waals surface area contributed by atoms with Crippen molar-refractivity contribution in [1.29, 1.82) is 0 Å². The van der Waals surface area contributed by atoms with Crippen molar-refractivity contribution < 1.29 is 8.42 Å². The van der Waals surface area contributed by atoms with Crippen LogP contribution in [0.5, 0.6) is 0 Å². The first-order chi connectivity index (χ1) is 12.5. The zero-order valence-corrected chi connectivity index (χ0v) is 16.0. The largest absolute Gasteiger partial charge is 0.347 e. The minimum absolute atomic E-state index is 0.399. The van der Waals surface area contributed by atoms with Crippen LogP contribution in [-0.4, -0.2) is 30.4 Å². The van der Waals surface area contributed by atoms with Crippen LogP contribution in [0.15, 0.2) is 59.5 Å². The lowest BCUT2D eigenvalue weighted by atomic mass is 9.94. The van der Waals surface area contributed by atoms with Crippen LogP contribution < -0.4 is 0 Å². The molecule has 26 heavy (non-hydrogen) atoms. The lowest BCUT2D eigenvalue weighted by molar-refractivity contribution is 0.314. The monoisotopic (exact) mass is 368 g/mol. The minimum Gasteiger partial charge on any atom is -0.347 e. The maximum atomic E-state index is 13.0. The molecule has 0 spiro atoms. The Hall–Kier alpha value is -2.11. The Balaban J connectivity index is 1.55. The average Bonchev–Trinajstić information content (AvgIpc) is 2.99. The third-order valence-electron chi connectivity index (χ3n) is 5.57. The van der Waals surface area contributed by atoms with Gasteiger partial charge in [-0.2, -0.15) is 4.31 Å². The number of aryl methyl sites for hydroxylation is 2. The van der Waals surface area contributed by atoms with Crippen molar-refractivity contribution in [3.63, 3.8) is 0 Å². The number of hydrogen-bond donors (Lipinski definition) is 0. The Morgan fingerprint density at radius 3 is 2.31 bits per heavy atom. The number of para-hydroxylation sites is 1. The van der Waals surface area contributed by atoms with Crippen molar-refractivity contribution in [2.75, 3.05) is 13.1 Å². The van der Waals surface area contributed by atoms with Crippen LogP contribution in [0.2, 0.25) is 0 Å². The summed E-state index contributed by atoms with van der Waals surface area (Å²) in [5.74, 6) is 0.399. The summed E-state index contributed by atoms with van der Waals surface area (Å²) < 4.78 is 29.9. The van der Waals surface area contributed by atoms with Crippen molar-refractivity contribution in [3.8, 4) is 0 Å². The highest BCUT2D eigenvalue weighted by molar-refractivity contribution is 7.89. The van der Waals surface area contributed by atoms with E-state index in [2.05, 4.69) is 41.9 Å². The van der Waals surface area contributed by atoms with Crippen molar-refractivity contribution in [2.45, 2.75) is 30.6 Å². The molecule has 1 aliphatic heterocycles. The van der Waals surface area contributed by atoms with Crippen LogP contribution in [-0.2, 0) is 17.1 Å². The van der Waals surface area contributed by atoms with E-state index in [0.717, 1.165) is 18.4 Å². The number of fused-ring (bicyclic) bond motifs is 1. The van der Waals surface area contributed by atoms with E-state index >= 15 is 0 Å². The van der Waals surface area contributed by atoms with Crippen LogP contribution in [0.1, 0.15) is 30.0 Å². The molecule has 0 amide bonds. The topological polar surface area (TPSA) is 42.3 Å². The van der Waals surface area contributed by atoms with E-state index in [9.17, 15) is 8.42 Å². The van der Waals surface area contributed by atoms with Gasteiger partial charge in [0.2, 0.25) is 10.0 Å². The van der Waals surface area contributed by atoms with Gasteiger partial charge in [-0.1, -0.05) is 36.4 Å². The van der Waals surface area contributed by atoms with E-state index in [1.165, 1.54) is 16.6 Å². The van der Waals surface area contributed by atoms with Crippen LogP contribution in [0.4, 0.5) is 0 Å². The zero-order valence-electron chi connectivity index (χ0n) is 15.2. The second-order valence-corrected chi connectivity index (χ2v) is 9.04. The molecule has 2 aromatic carbocycles. The predicted molar refractivity (Wildman–Crippen MR) is 105 cm³/mol. The summed E-state index contributed by atoms with van der Waals surface area (Å²) in [6.45, 7) is 3.00. The van der Waals surface area contributed by atoms with E-state index in [0.29, 0.717) is 23.9 Å². The first-order valence-electron chi connectivity index (χ1n) is 9.08. The smallest absolute Gasteiger partial charge is 0.243 e. The lowest BCUT2D eigenvalue weighted by Crippen LogP contribution is -2.38. The Labute approximate surface area is 155 Å². The van der Waals surface area contributed by atoms with Crippen LogP contribution >= 0.6 is 0 Å². The standard InChI is InChI=1S/C21H24N2O2S/c1-16-7-3-6-10-21(16)26(24,25)23-13-11-17(12-14-23)20-15-18-8-4-5-9-19(18)22(20)2/h3-10,15,17H,11-14H2,1-2H3. The molecule has 4 rings (SSSR count). The molecule has 0 atom stereocenters. The number of rotatable bonds is 3. The van der Waals surface area contributed by atoms with Gasteiger partial charge < -0.3 is 4.57 Å². The van der Waals surface area contributed by atoms with Gasteiger partial charge in [0.15, 0.2) is 0 Å². The van der Waals surface area contributed by atoms with Gasteiger partial charge in [0, 0.05) is 37.3 Å². The molecule has 0 bridgehead atoms. The average molecular weight is 369 g/mol. The van der Waals surface area contributed by atoms with Gasteiger partial charge in [-0.25, -0.2) is 8.42 Å². The molecule has 2 heterocycles. The van der Waals surface area contributed by atoms with Crippen molar-refractivity contribution in [3.05, 3.63) is 65.9 Å². The molecule has 0 saturated carbocycles. The molecule has 136 valence electrons. The van der Waals surface area contributed by atoms with E-state index in [4.69, 9.17) is 0 Å². The van der Waals surface area contributed by atoms with Gasteiger partial charge in [-0.15, -0.1) is 0 Å². The second-order valence-electron chi connectivity index (χ2n) is 7.13. The van der Waals surface area contributed by atoms with Gasteiger partial charge in [-0.05, 0) is 48.9 Å². The molecular formula is C21H24N2O2S. The Morgan fingerprint density at radius 1 is 0.962 bits per heavy atom. The predicted octanol–water partition coefficient (Wildman–Crippen LogP) is 4.06. The summed E-state index contributed by atoms with van der Waals surface area (Å²) in [4.78, 5) is 0.433. The molecule has 4 nitrogen and oxygen atoms in total. The highest BCUT2D eigenvalue weighted by Crippen LogP contribution is 2.33. The summed E-state index contributed by atoms with van der Waals surface area (Å²) >= 11 is 0. The van der Waals surface area contributed by atoms with Crippen LogP contribution in [0.3, 0.4) is 0 Å². The molecular weight excluding hydrogens is 344 g/mol. The number of hydrogen-bond acceptors (Lipinski definition) is 2. The normalized spacial score (nSPS) is 17.0. The third-order valence-corrected chi connectivity index (χ3v) is 7.63. The second kappa shape index (κ2) is 6.56. The molecule has 1 aromatic heterocycles. The first kappa shape index (κ1) is 17.3. The molecule has 1 aliphatic rings.